The van der Waals surface area contributed by atoms with Gasteiger partial charge in [0.25, 0.3) is 0 Å². The van der Waals surface area contributed by atoms with Crippen molar-refractivity contribution in [2.75, 3.05) is 55.2 Å². The summed E-state index contributed by atoms with van der Waals surface area (Å²) in [5.74, 6) is 2.53. The molecule has 0 heterocycles. The van der Waals surface area contributed by atoms with E-state index in [1.54, 1.807) is 28.4 Å². The number of benzene rings is 2. The van der Waals surface area contributed by atoms with Gasteiger partial charge in [-0.2, -0.15) is 0 Å². The van der Waals surface area contributed by atoms with Crippen molar-refractivity contribution in [2.45, 2.75) is 44.9 Å². The van der Waals surface area contributed by atoms with Crippen molar-refractivity contribution in [1.29, 1.82) is 0 Å². The molecule has 1 atom stereocenters. The fourth-order valence-corrected chi connectivity index (χ4v) is 4.41. The van der Waals surface area contributed by atoms with E-state index in [1.165, 1.54) is 5.56 Å². The van der Waals surface area contributed by atoms with Gasteiger partial charge in [0.05, 0.1) is 40.5 Å². The second-order valence-corrected chi connectivity index (χ2v) is 8.57. The van der Waals surface area contributed by atoms with Crippen LogP contribution in [0.1, 0.15) is 44.2 Å². The van der Waals surface area contributed by atoms with Crippen LogP contribution in [0.3, 0.4) is 0 Å². The molecule has 0 spiro atoms. The molecule has 1 unspecified atom stereocenters. The number of nitrogens with zero attached hydrogens (tertiary/aromatic N) is 1. The average molecular weight is 488 g/mol. The summed E-state index contributed by atoms with van der Waals surface area (Å²) in [6.07, 6.45) is 3.06. The quantitative estimate of drug-likeness (QED) is 0.332. The second-order valence-electron chi connectivity index (χ2n) is 8.57. The molecule has 0 bridgehead atoms. The molecule has 35 heavy (non-hydrogen) atoms. The van der Waals surface area contributed by atoms with Crippen LogP contribution < -0.4 is 18.9 Å². The smallest absolute Gasteiger partial charge is 0.316 e. The normalized spacial score (nSPS) is 12.7. The van der Waals surface area contributed by atoms with E-state index in [0.717, 1.165) is 43.0 Å². The van der Waals surface area contributed by atoms with Gasteiger partial charge in [-0.25, -0.2) is 0 Å². The zero-order valence-corrected chi connectivity index (χ0v) is 22.3. The molecule has 0 saturated carbocycles. The van der Waals surface area contributed by atoms with Crippen LogP contribution in [0, 0.1) is 0 Å². The first-order valence-corrected chi connectivity index (χ1v) is 12.2. The number of carbonyl (C=O) groups excluding carboxylic acids is 1. The predicted octanol–water partition coefficient (Wildman–Crippen LogP) is 4.89. The van der Waals surface area contributed by atoms with Gasteiger partial charge in [-0.05, 0) is 81.6 Å². The number of carbonyl (C=O) groups is 1. The Labute approximate surface area is 210 Å². The van der Waals surface area contributed by atoms with Gasteiger partial charge in [-0.3, -0.25) is 4.79 Å². The van der Waals surface area contributed by atoms with Crippen LogP contribution in [0.2, 0.25) is 0 Å². The lowest BCUT2D eigenvalue weighted by Gasteiger charge is -2.32. The highest BCUT2D eigenvalue weighted by Crippen LogP contribution is 2.39. The topological polar surface area (TPSA) is 66.5 Å². The van der Waals surface area contributed by atoms with Crippen molar-refractivity contribution in [3.63, 3.8) is 0 Å². The summed E-state index contributed by atoms with van der Waals surface area (Å²) in [5, 5.41) is 0. The summed E-state index contributed by atoms with van der Waals surface area (Å²) in [7, 11) is 8.60. The number of hydrogen-bond acceptors (Lipinski definition) is 7. The predicted molar refractivity (Wildman–Crippen MR) is 138 cm³/mol. The summed E-state index contributed by atoms with van der Waals surface area (Å²) in [4.78, 5) is 15.5. The first-order chi connectivity index (χ1) is 16.9. The van der Waals surface area contributed by atoms with Crippen molar-refractivity contribution < 1.29 is 28.5 Å². The molecule has 7 heteroatoms. The lowest BCUT2D eigenvalue weighted by molar-refractivity contribution is -0.150. The van der Waals surface area contributed by atoms with Gasteiger partial charge in [0, 0.05) is 6.54 Å². The van der Waals surface area contributed by atoms with Crippen molar-refractivity contribution in [2.24, 2.45) is 0 Å². The second kappa shape index (κ2) is 13.8. The minimum Gasteiger partial charge on any atom is -0.493 e. The van der Waals surface area contributed by atoms with Crippen LogP contribution in [0.4, 0.5) is 0 Å². The van der Waals surface area contributed by atoms with Crippen LogP contribution >= 0.6 is 0 Å². The van der Waals surface area contributed by atoms with Gasteiger partial charge in [0.2, 0.25) is 0 Å². The zero-order valence-electron chi connectivity index (χ0n) is 22.3. The maximum atomic E-state index is 13.2. The van der Waals surface area contributed by atoms with Gasteiger partial charge in [0.1, 0.15) is 0 Å². The third-order valence-corrected chi connectivity index (χ3v) is 6.58. The van der Waals surface area contributed by atoms with Crippen LogP contribution in [-0.2, 0) is 21.4 Å². The summed E-state index contributed by atoms with van der Waals surface area (Å²) in [6, 6.07) is 11.7. The Morgan fingerprint density at radius 2 is 1.43 bits per heavy atom. The minimum absolute atomic E-state index is 0.192. The molecular weight excluding hydrogens is 446 g/mol. The lowest BCUT2D eigenvalue weighted by Crippen LogP contribution is -2.38. The molecule has 2 aromatic rings. The largest absolute Gasteiger partial charge is 0.493 e. The molecule has 0 aliphatic rings. The van der Waals surface area contributed by atoms with Crippen LogP contribution in [-0.4, -0.2) is 66.1 Å². The standard InChI is InChI=1S/C28H41NO6/c1-8-28(27(30)35-9-2,22-12-14-24(32-5)26(20-22)34-7)16-10-17-29(3)18-15-21-11-13-23(31-4)25(19-21)33-6/h11-14,19-20H,8-10,15-18H2,1-7H3. The number of rotatable bonds is 15. The molecule has 0 aliphatic carbocycles. The molecule has 194 valence electrons. The van der Waals surface area contributed by atoms with Crippen LogP contribution in [0.5, 0.6) is 23.0 Å². The molecule has 2 rings (SSSR count). The Kier molecular flexibility index (Phi) is 11.2. The Bertz CT molecular complexity index is 947. The number of methoxy groups -OCH3 is 4. The maximum Gasteiger partial charge on any atom is 0.316 e. The summed E-state index contributed by atoms with van der Waals surface area (Å²) in [5.41, 5.74) is 1.35. The van der Waals surface area contributed by atoms with E-state index in [2.05, 4.69) is 18.0 Å². The number of hydrogen-bond donors (Lipinski definition) is 0. The molecule has 0 N–H and O–H groups in total. The molecule has 2 aromatic carbocycles. The van der Waals surface area contributed by atoms with Gasteiger partial charge in [-0.15, -0.1) is 0 Å². The average Bonchev–Trinajstić information content (AvgIpc) is 2.89. The Balaban J connectivity index is 2.09. The number of esters is 1. The van der Waals surface area contributed by atoms with Crippen LogP contribution in [0.15, 0.2) is 36.4 Å². The monoisotopic (exact) mass is 487 g/mol. The lowest BCUT2D eigenvalue weighted by atomic mass is 9.74. The van der Waals surface area contributed by atoms with E-state index in [-0.39, 0.29) is 5.97 Å². The highest BCUT2D eigenvalue weighted by atomic mass is 16.5. The van der Waals surface area contributed by atoms with Crippen molar-refractivity contribution in [3.8, 4) is 23.0 Å². The summed E-state index contributed by atoms with van der Waals surface area (Å²) >= 11 is 0. The summed E-state index contributed by atoms with van der Waals surface area (Å²) < 4.78 is 27.2. The van der Waals surface area contributed by atoms with E-state index < -0.39 is 5.41 Å². The molecule has 0 amide bonds. The van der Waals surface area contributed by atoms with Gasteiger partial charge in [-0.1, -0.05) is 19.1 Å². The Morgan fingerprint density at radius 3 is 2.00 bits per heavy atom. The number of ether oxygens (including phenoxy) is 5. The number of likely N-dealkylation sites (N-methyl/N-ethyl adjacent to an activating group) is 1. The first kappa shape index (κ1) is 28.3. The fourth-order valence-electron chi connectivity index (χ4n) is 4.41. The van der Waals surface area contributed by atoms with Crippen molar-refractivity contribution in [1.82, 2.24) is 4.90 Å². The van der Waals surface area contributed by atoms with Gasteiger partial charge >= 0.3 is 5.97 Å². The highest BCUT2D eigenvalue weighted by Gasteiger charge is 2.40. The molecule has 0 aliphatic heterocycles. The van der Waals surface area contributed by atoms with E-state index in [1.807, 2.05) is 44.2 Å². The van der Waals surface area contributed by atoms with E-state index >= 15 is 0 Å². The Morgan fingerprint density at radius 1 is 0.829 bits per heavy atom. The first-order valence-electron chi connectivity index (χ1n) is 12.2. The fraction of sp³-hybridized carbons (Fsp3) is 0.536. The molecule has 7 nitrogen and oxygen atoms in total. The zero-order chi connectivity index (χ0) is 25.8. The maximum absolute atomic E-state index is 13.2. The third-order valence-electron chi connectivity index (χ3n) is 6.58. The van der Waals surface area contributed by atoms with E-state index in [0.29, 0.717) is 30.9 Å². The molecular formula is C28H41NO6. The van der Waals surface area contributed by atoms with Crippen molar-refractivity contribution in [3.05, 3.63) is 47.5 Å². The molecule has 0 saturated heterocycles. The van der Waals surface area contributed by atoms with Crippen molar-refractivity contribution >= 4 is 5.97 Å². The highest BCUT2D eigenvalue weighted by molar-refractivity contribution is 5.83. The summed E-state index contributed by atoms with van der Waals surface area (Å²) in [6.45, 7) is 5.98. The van der Waals surface area contributed by atoms with Crippen LogP contribution in [0.25, 0.3) is 0 Å². The van der Waals surface area contributed by atoms with E-state index in [4.69, 9.17) is 23.7 Å². The van der Waals surface area contributed by atoms with Gasteiger partial charge in [0.15, 0.2) is 23.0 Å². The SMILES string of the molecule is CCOC(=O)C(CC)(CCCN(C)CCc1ccc(OC)c(OC)c1)c1ccc(OC)c(OC)c1. The third kappa shape index (κ3) is 7.04. The molecule has 0 aromatic heterocycles. The molecule has 0 fully saturated rings. The van der Waals surface area contributed by atoms with E-state index in [9.17, 15) is 4.79 Å². The minimum atomic E-state index is -0.736. The van der Waals surface area contributed by atoms with Gasteiger partial charge < -0.3 is 28.6 Å². The molecule has 0 radical (unpaired) electrons. The Hall–Kier alpha value is -2.93.